The van der Waals surface area contributed by atoms with Crippen LogP contribution in [0.4, 0.5) is 19.7 Å². The molecule has 176 valence electrons. The smallest absolute Gasteiger partial charge is 0.450 e. The van der Waals surface area contributed by atoms with Gasteiger partial charge in [0.25, 0.3) is 0 Å². The van der Waals surface area contributed by atoms with Crippen molar-refractivity contribution in [1.82, 2.24) is 10.2 Å². The number of piperidine rings is 1. The third-order valence-electron chi connectivity index (χ3n) is 6.81. The minimum absolute atomic E-state index is 0.305. The summed E-state index contributed by atoms with van der Waals surface area (Å²) >= 11 is 0. The molecule has 3 aliphatic rings. The molecule has 9 heteroatoms. The molecule has 8 nitrogen and oxygen atoms in total. The Labute approximate surface area is 187 Å². The van der Waals surface area contributed by atoms with Crippen LogP contribution in [-0.4, -0.2) is 59.4 Å². The minimum atomic E-state index is -1.83. The van der Waals surface area contributed by atoms with Gasteiger partial charge in [0.05, 0.1) is 11.1 Å². The monoisotopic (exact) mass is 449 g/mol. The van der Waals surface area contributed by atoms with Gasteiger partial charge < -0.3 is 20.4 Å². The van der Waals surface area contributed by atoms with Crippen LogP contribution in [0.5, 0.6) is 0 Å². The van der Waals surface area contributed by atoms with Gasteiger partial charge in [0.2, 0.25) is 5.91 Å². The first-order chi connectivity index (χ1) is 15.1. The molecular formula is C23H32FN3O5. The molecule has 0 unspecified atom stereocenters. The molecule has 1 aromatic rings. The van der Waals surface area contributed by atoms with Crippen molar-refractivity contribution in [2.24, 2.45) is 11.8 Å². The summed E-state index contributed by atoms with van der Waals surface area (Å²) < 4.78 is 13.7. The number of carbonyl (C=O) groups excluding carboxylic acids is 2. The highest BCUT2D eigenvalue weighted by Gasteiger charge is 2.46. The minimum Gasteiger partial charge on any atom is -0.450 e. The lowest BCUT2D eigenvalue weighted by atomic mass is 9.84. The van der Waals surface area contributed by atoms with Crippen LogP contribution >= 0.6 is 0 Å². The van der Waals surface area contributed by atoms with E-state index in [-0.39, 0.29) is 5.91 Å². The van der Waals surface area contributed by atoms with E-state index < -0.39 is 23.4 Å². The third-order valence-corrected chi connectivity index (χ3v) is 6.81. The SMILES string of the molecule is CC1(C)C(=O)N(C(=O)NCC2CCN(CC3CCC3)CC2)c2cc(F)ccc21.O=C(O)O. The van der Waals surface area contributed by atoms with E-state index in [1.54, 1.807) is 19.9 Å². The third kappa shape index (κ3) is 5.38. The molecule has 2 heterocycles. The fraction of sp³-hybridized carbons (Fsp3) is 0.609. The Morgan fingerprint density at radius 3 is 2.31 bits per heavy atom. The molecule has 0 aromatic heterocycles. The van der Waals surface area contributed by atoms with Crippen LogP contribution in [0.25, 0.3) is 0 Å². The number of fused-ring (bicyclic) bond motifs is 1. The average Bonchev–Trinajstić information content (AvgIpc) is 2.88. The number of anilines is 1. The number of imide groups is 1. The maximum atomic E-state index is 13.7. The van der Waals surface area contributed by atoms with Crippen LogP contribution in [0, 0.1) is 17.7 Å². The quantitative estimate of drug-likeness (QED) is 0.643. The zero-order valence-corrected chi connectivity index (χ0v) is 18.6. The van der Waals surface area contributed by atoms with Crippen LogP contribution < -0.4 is 10.2 Å². The number of halogens is 1. The number of benzene rings is 1. The fourth-order valence-electron chi connectivity index (χ4n) is 4.65. The molecule has 32 heavy (non-hydrogen) atoms. The first-order valence-electron chi connectivity index (χ1n) is 11.2. The number of carboxylic acid groups (broad SMARTS) is 2. The van der Waals surface area contributed by atoms with Crippen molar-refractivity contribution in [3.63, 3.8) is 0 Å². The Morgan fingerprint density at radius 1 is 1.12 bits per heavy atom. The molecule has 0 atom stereocenters. The number of nitrogens with one attached hydrogen (secondary N) is 1. The van der Waals surface area contributed by atoms with Crippen molar-refractivity contribution in [2.75, 3.05) is 31.1 Å². The van der Waals surface area contributed by atoms with Crippen molar-refractivity contribution < 1.29 is 29.0 Å². The number of hydrogen-bond acceptors (Lipinski definition) is 4. The number of hydrogen-bond donors (Lipinski definition) is 3. The molecular weight excluding hydrogens is 417 g/mol. The maximum Gasteiger partial charge on any atom is 0.503 e. The van der Waals surface area contributed by atoms with Gasteiger partial charge in [-0.2, -0.15) is 0 Å². The van der Waals surface area contributed by atoms with E-state index in [2.05, 4.69) is 10.2 Å². The summed E-state index contributed by atoms with van der Waals surface area (Å²) in [6.45, 7) is 7.50. The normalized spacial score (nSPS) is 20.7. The van der Waals surface area contributed by atoms with E-state index in [1.165, 1.54) is 37.9 Å². The van der Waals surface area contributed by atoms with Crippen molar-refractivity contribution in [2.45, 2.75) is 51.4 Å². The summed E-state index contributed by atoms with van der Waals surface area (Å²) in [5.74, 6) is 0.572. The van der Waals surface area contributed by atoms with Crippen molar-refractivity contribution in [1.29, 1.82) is 0 Å². The number of nitrogens with zero attached hydrogens (tertiary/aromatic N) is 2. The maximum absolute atomic E-state index is 13.7. The molecule has 3 amide bonds. The van der Waals surface area contributed by atoms with Crippen LogP contribution in [0.15, 0.2) is 18.2 Å². The Morgan fingerprint density at radius 2 is 1.75 bits per heavy atom. The number of carbonyl (C=O) groups is 3. The van der Waals surface area contributed by atoms with Gasteiger partial charge in [0.15, 0.2) is 0 Å². The topological polar surface area (TPSA) is 110 Å². The molecule has 0 radical (unpaired) electrons. The van der Waals surface area contributed by atoms with Crippen LogP contribution in [0.2, 0.25) is 0 Å². The van der Waals surface area contributed by atoms with E-state index >= 15 is 0 Å². The van der Waals surface area contributed by atoms with E-state index in [1.807, 2.05) is 0 Å². The highest BCUT2D eigenvalue weighted by atomic mass is 19.1. The second kappa shape index (κ2) is 9.85. The number of rotatable bonds is 4. The molecule has 1 aliphatic carbocycles. The zero-order valence-electron chi connectivity index (χ0n) is 18.6. The van der Waals surface area contributed by atoms with Crippen molar-refractivity contribution >= 4 is 23.8 Å². The molecule has 2 aliphatic heterocycles. The molecule has 3 N–H and O–H groups in total. The Balaban J connectivity index is 0.000000668. The summed E-state index contributed by atoms with van der Waals surface area (Å²) in [5.41, 5.74) is 0.230. The summed E-state index contributed by atoms with van der Waals surface area (Å²) in [5, 5.41) is 16.9. The summed E-state index contributed by atoms with van der Waals surface area (Å²) in [7, 11) is 0. The first kappa shape index (κ1) is 24.0. The van der Waals surface area contributed by atoms with E-state index in [4.69, 9.17) is 15.0 Å². The van der Waals surface area contributed by atoms with E-state index in [0.717, 1.165) is 36.7 Å². The number of amides is 3. The zero-order chi connectivity index (χ0) is 23.5. The van der Waals surface area contributed by atoms with Gasteiger partial charge in [0, 0.05) is 13.1 Å². The van der Waals surface area contributed by atoms with Crippen LogP contribution in [0.3, 0.4) is 0 Å². The summed E-state index contributed by atoms with van der Waals surface area (Å²) in [6, 6.07) is 3.78. The molecule has 0 spiro atoms. The summed E-state index contributed by atoms with van der Waals surface area (Å²) in [4.78, 5) is 37.8. The van der Waals surface area contributed by atoms with E-state index in [0.29, 0.717) is 23.7 Å². The molecule has 2 fully saturated rings. The Kier molecular flexibility index (Phi) is 7.38. The molecule has 0 bridgehead atoms. The second-order valence-electron chi connectivity index (χ2n) is 9.44. The van der Waals surface area contributed by atoms with Crippen molar-refractivity contribution in [3.8, 4) is 0 Å². The summed E-state index contributed by atoms with van der Waals surface area (Å²) in [6.07, 6.45) is 4.43. The van der Waals surface area contributed by atoms with E-state index in [9.17, 15) is 14.0 Å². The first-order valence-corrected chi connectivity index (χ1v) is 11.2. The van der Waals surface area contributed by atoms with Gasteiger partial charge in [-0.25, -0.2) is 18.9 Å². The van der Waals surface area contributed by atoms with Crippen LogP contribution in [0.1, 0.15) is 51.5 Å². The highest BCUT2D eigenvalue weighted by molar-refractivity contribution is 6.22. The standard InChI is InChI=1S/C22H30FN3O2.CH2O3/c1-22(2)18-7-6-17(23)12-19(18)26(20(22)27)21(28)24-13-15-8-10-25(11-9-15)14-16-4-3-5-16;2-1(3)4/h6-7,12,15-16H,3-5,8-11,13-14H2,1-2H3,(H,24,28);(H2,2,3,4). The number of urea groups is 1. The highest BCUT2D eigenvalue weighted by Crippen LogP contribution is 2.41. The van der Waals surface area contributed by atoms with Crippen LogP contribution in [-0.2, 0) is 10.2 Å². The Hall–Kier alpha value is -2.68. The van der Waals surface area contributed by atoms with Crippen molar-refractivity contribution in [3.05, 3.63) is 29.6 Å². The van der Waals surface area contributed by atoms with Gasteiger partial charge in [-0.1, -0.05) is 12.5 Å². The predicted octanol–water partition coefficient (Wildman–Crippen LogP) is 3.89. The van der Waals surface area contributed by atoms with Gasteiger partial charge in [-0.15, -0.1) is 0 Å². The van der Waals surface area contributed by atoms with Gasteiger partial charge in [-0.3, -0.25) is 4.79 Å². The average molecular weight is 450 g/mol. The molecule has 1 saturated carbocycles. The lowest BCUT2D eigenvalue weighted by molar-refractivity contribution is -0.121. The lowest BCUT2D eigenvalue weighted by Crippen LogP contribution is -2.48. The Bertz CT molecular complexity index is 859. The molecule has 1 saturated heterocycles. The van der Waals surface area contributed by atoms with Gasteiger partial charge in [-0.05, 0) is 82.2 Å². The fourth-order valence-corrected chi connectivity index (χ4v) is 4.65. The predicted molar refractivity (Wildman–Crippen MR) is 117 cm³/mol. The van der Waals surface area contributed by atoms with Gasteiger partial charge in [0.1, 0.15) is 5.82 Å². The van der Waals surface area contributed by atoms with Gasteiger partial charge >= 0.3 is 12.2 Å². The molecule has 1 aromatic carbocycles. The molecule has 4 rings (SSSR count). The number of likely N-dealkylation sites (tertiary alicyclic amines) is 1. The largest absolute Gasteiger partial charge is 0.503 e. The second-order valence-corrected chi connectivity index (χ2v) is 9.44. The lowest BCUT2D eigenvalue weighted by Gasteiger charge is -2.37.